The number of carbonyl (C=O) groups excluding carboxylic acids is 1. The highest BCUT2D eigenvalue weighted by molar-refractivity contribution is 5.69. The highest BCUT2D eigenvalue weighted by Gasteiger charge is 2.04. The summed E-state index contributed by atoms with van der Waals surface area (Å²) < 4.78 is 5.16. The van der Waals surface area contributed by atoms with E-state index in [4.69, 9.17) is 4.74 Å². The fourth-order valence-electron chi connectivity index (χ4n) is 1.50. The maximum absolute atomic E-state index is 11.3. The zero-order valence-corrected chi connectivity index (χ0v) is 11.4. The van der Waals surface area contributed by atoms with E-state index in [9.17, 15) is 4.79 Å². The van der Waals surface area contributed by atoms with E-state index in [1.807, 2.05) is 0 Å². The van der Waals surface area contributed by atoms with Crippen molar-refractivity contribution in [3.05, 3.63) is 0 Å². The Morgan fingerprint density at radius 2 is 1.53 bits per heavy atom. The minimum Gasteiger partial charge on any atom is -0.466 e. The van der Waals surface area contributed by atoms with E-state index in [0.29, 0.717) is 18.9 Å². The summed E-state index contributed by atoms with van der Waals surface area (Å²) in [6.45, 7) is 9.34. The number of unbranched alkanes of at least 4 members (excludes halogenated alkanes) is 2. The van der Waals surface area contributed by atoms with Gasteiger partial charge in [-0.25, -0.2) is 0 Å². The summed E-state index contributed by atoms with van der Waals surface area (Å²) in [6.07, 6.45) is 6.23. The predicted octanol–water partition coefficient (Wildman–Crippen LogP) is 4.82. The van der Waals surface area contributed by atoms with Crippen LogP contribution >= 0.6 is 0 Å². The smallest absolute Gasteiger partial charge is 0.305 e. The van der Waals surface area contributed by atoms with E-state index in [-0.39, 0.29) is 13.4 Å². The summed E-state index contributed by atoms with van der Waals surface area (Å²) in [5.74, 6) is 1.34. The van der Waals surface area contributed by atoms with Crippen molar-refractivity contribution in [2.45, 2.75) is 73.6 Å². The standard InChI is InChI=1S/C14H28O2.CH4/c1-12(2)8-6-5-7-11-16-14(15)10-9-13(3)4;/h12-13H,5-11H2,1-4H3;1H4. The lowest BCUT2D eigenvalue weighted by Gasteiger charge is -2.07. The molecule has 0 unspecified atom stereocenters. The van der Waals surface area contributed by atoms with Gasteiger partial charge < -0.3 is 4.74 Å². The van der Waals surface area contributed by atoms with E-state index in [1.165, 1.54) is 19.3 Å². The average Bonchev–Trinajstić information content (AvgIpc) is 2.19. The number of hydrogen-bond donors (Lipinski definition) is 0. The number of rotatable bonds is 9. The molecule has 0 radical (unpaired) electrons. The molecule has 0 heterocycles. The highest BCUT2D eigenvalue weighted by Crippen LogP contribution is 2.09. The molecule has 0 saturated heterocycles. The van der Waals surface area contributed by atoms with Gasteiger partial charge in [-0.15, -0.1) is 0 Å². The largest absolute Gasteiger partial charge is 0.466 e. The number of esters is 1. The molecule has 0 bridgehead atoms. The molecule has 0 aliphatic carbocycles. The Labute approximate surface area is 108 Å². The fourth-order valence-corrected chi connectivity index (χ4v) is 1.50. The third kappa shape index (κ3) is 15.5. The average molecular weight is 244 g/mol. The Balaban J connectivity index is 0. The molecule has 0 amide bonds. The van der Waals surface area contributed by atoms with Crippen LogP contribution in [0.15, 0.2) is 0 Å². The van der Waals surface area contributed by atoms with Crippen LogP contribution in [0.4, 0.5) is 0 Å². The lowest BCUT2D eigenvalue weighted by Crippen LogP contribution is -2.07. The highest BCUT2D eigenvalue weighted by atomic mass is 16.5. The van der Waals surface area contributed by atoms with Gasteiger partial charge in [-0.1, -0.05) is 54.4 Å². The maximum atomic E-state index is 11.3. The van der Waals surface area contributed by atoms with Crippen molar-refractivity contribution in [3.63, 3.8) is 0 Å². The molecule has 0 aliphatic rings. The molecule has 0 atom stereocenters. The zero-order chi connectivity index (χ0) is 12.4. The van der Waals surface area contributed by atoms with Crippen LogP contribution in [0.2, 0.25) is 0 Å². The van der Waals surface area contributed by atoms with Crippen molar-refractivity contribution >= 4 is 5.97 Å². The quantitative estimate of drug-likeness (QED) is 0.429. The Kier molecular flexibility index (Phi) is 13.2. The molecule has 0 spiro atoms. The van der Waals surface area contributed by atoms with E-state index in [0.717, 1.165) is 18.8 Å². The van der Waals surface area contributed by atoms with Crippen LogP contribution in [0, 0.1) is 11.8 Å². The zero-order valence-electron chi connectivity index (χ0n) is 11.4. The molecule has 0 N–H and O–H groups in total. The second kappa shape index (κ2) is 11.9. The van der Waals surface area contributed by atoms with Crippen molar-refractivity contribution in [2.24, 2.45) is 11.8 Å². The number of hydrogen-bond acceptors (Lipinski definition) is 2. The first-order chi connectivity index (χ1) is 7.52. The van der Waals surface area contributed by atoms with E-state index in [2.05, 4.69) is 27.7 Å². The van der Waals surface area contributed by atoms with Gasteiger partial charge in [0, 0.05) is 6.42 Å². The summed E-state index contributed by atoms with van der Waals surface area (Å²) in [7, 11) is 0. The van der Waals surface area contributed by atoms with E-state index >= 15 is 0 Å². The van der Waals surface area contributed by atoms with Crippen LogP contribution < -0.4 is 0 Å². The second-order valence-electron chi connectivity index (χ2n) is 5.40. The topological polar surface area (TPSA) is 26.3 Å². The van der Waals surface area contributed by atoms with Crippen LogP contribution in [0.3, 0.4) is 0 Å². The van der Waals surface area contributed by atoms with Crippen LogP contribution in [-0.4, -0.2) is 12.6 Å². The van der Waals surface area contributed by atoms with Crippen molar-refractivity contribution in [1.82, 2.24) is 0 Å². The molecular weight excluding hydrogens is 212 g/mol. The number of carbonyl (C=O) groups is 1. The summed E-state index contributed by atoms with van der Waals surface area (Å²) in [5, 5.41) is 0. The molecule has 0 aromatic carbocycles. The first-order valence-electron chi connectivity index (χ1n) is 6.68. The molecule has 17 heavy (non-hydrogen) atoms. The van der Waals surface area contributed by atoms with Crippen LogP contribution in [0.1, 0.15) is 73.6 Å². The summed E-state index contributed by atoms with van der Waals surface area (Å²) >= 11 is 0. The van der Waals surface area contributed by atoms with Crippen molar-refractivity contribution in [1.29, 1.82) is 0 Å². The minimum absolute atomic E-state index is 0. The fraction of sp³-hybridized carbons (Fsp3) is 0.933. The molecule has 0 aromatic heterocycles. The van der Waals surface area contributed by atoms with Gasteiger partial charge in [0.1, 0.15) is 0 Å². The molecule has 0 aliphatic heterocycles. The molecule has 2 nitrogen and oxygen atoms in total. The Morgan fingerprint density at radius 3 is 2.06 bits per heavy atom. The number of ether oxygens (including phenoxy) is 1. The minimum atomic E-state index is -0.0300. The molecule has 0 rings (SSSR count). The molecule has 0 fully saturated rings. The summed E-state index contributed by atoms with van der Waals surface area (Å²) in [6, 6.07) is 0. The van der Waals surface area contributed by atoms with Crippen molar-refractivity contribution in [2.75, 3.05) is 6.61 Å². The lowest BCUT2D eigenvalue weighted by molar-refractivity contribution is -0.144. The Hall–Kier alpha value is -0.530. The van der Waals surface area contributed by atoms with Crippen molar-refractivity contribution < 1.29 is 9.53 Å². The van der Waals surface area contributed by atoms with E-state index < -0.39 is 0 Å². The third-order valence-electron chi connectivity index (χ3n) is 2.61. The molecule has 104 valence electrons. The third-order valence-corrected chi connectivity index (χ3v) is 2.61. The van der Waals surface area contributed by atoms with Gasteiger partial charge in [-0.05, 0) is 24.7 Å². The Bertz CT molecular complexity index is 174. The normalized spacial score (nSPS) is 10.5. The van der Waals surface area contributed by atoms with Gasteiger partial charge in [0.15, 0.2) is 0 Å². The van der Waals surface area contributed by atoms with Crippen LogP contribution in [0.25, 0.3) is 0 Å². The van der Waals surface area contributed by atoms with Gasteiger partial charge in [0.05, 0.1) is 6.61 Å². The molecular formula is C15H32O2. The lowest BCUT2D eigenvalue weighted by atomic mass is 10.1. The first-order valence-corrected chi connectivity index (χ1v) is 6.68. The summed E-state index contributed by atoms with van der Waals surface area (Å²) in [4.78, 5) is 11.3. The van der Waals surface area contributed by atoms with Crippen molar-refractivity contribution in [3.8, 4) is 0 Å². The van der Waals surface area contributed by atoms with Gasteiger partial charge >= 0.3 is 5.97 Å². The van der Waals surface area contributed by atoms with Crippen LogP contribution in [0.5, 0.6) is 0 Å². The SMILES string of the molecule is C.CC(C)CCCCCOC(=O)CCC(C)C. The molecule has 0 aromatic rings. The van der Waals surface area contributed by atoms with E-state index in [1.54, 1.807) is 0 Å². The van der Waals surface area contributed by atoms with Gasteiger partial charge in [0.25, 0.3) is 0 Å². The van der Waals surface area contributed by atoms with Crippen LogP contribution in [-0.2, 0) is 9.53 Å². The predicted molar refractivity (Wildman–Crippen MR) is 75.1 cm³/mol. The maximum Gasteiger partial charge on any atom is 0.305 e. The molecule has 2 heteroatoms. The van der Waals surface area contributed by atoms with Gasteiger partial charge in [-0.3, -0.25) is 4.79 Å². The summed E-state index contributed by atoms with van der Waals surface area (Å²) in [5.41, 5.74) is 0. The monoisotopic (exact) mass is 244 g/mol. The Morgan fingerprint density at radius 1 is 0.941 bits per heavy atom. The second-order valence-corrected chi connectivity index (χ2v) is 5.40. The van der Waals surface area contributed by atoms with Gasteiger partial charge in [0.2, 0.25) is 0 Å². The molecule has 0 saturated carbocycles. The first kappa shape index (κ1) is 18.8. The van der Waals surface area contributed by atoms with Gasteiger partial charge in [-0.2, -0.15) is 0 Å².